The summed E-state index contributed by atoms with van der Waals surface area (Å²) >= 11 is 5.13. The fourth-order valence-corrected chi connectivity index (χ4v) is 9.57. The number of anilines is 2. The fourth-order valence-electron chi connectivity index (χ4n) is 3.08. The van der Waals surface area contributed by atoms with E-state index >= 15 is 0 Å². The lowest BCUT2D eigenvalue weighted by atomic mass is 10.2. The zero-order valence-corrected chi connectivity index (χ0v) is 19.0. The Morgan fingerprint density at radius 2 is 1.08 bits per heavy atom. The summed E-state index contributed by atoms with van der Waals surface area (Å²) in [5.41, 5.74) is 5.60. The SMILES string of the molecule is IS1=Cc2ccccc2N1CCCCN1c2ccccc2C=S1I. The molecular formula is C18H18I2N2S2. The number of benzene rings is 2. The van der Waals surface area contributed by atoms with Gasteiger partial charge in [0.15, 0.2) is 0 Å². The highest BCUT2D eigenvalue weighted by Crippen LogP contribution is 2.43. The Hall–Kier alpha value is -0.0600. The highest BCUT2D eigenvalue weighted by Gasteiger charge is 2.20. The minimum Gasteiger partial charge on any atom is -0.313 e. The van der Waals surface area contributed by atoms with Crippen LogP contribution in [-0.4, -0.2) is 23.8 Å². The number of fused-ring (bicyclic) bond motifs is 2. The number of rotatable bonds is 5. The summed E-state index contributed by atoms with van der Waals surface area (Å²) in [6, 6.07) is 17.5. The molecule has 2 aromatic rings. The summed E-state index contributed by atoms with van der Waals surface area (Å²) in [6.07, 6.45) is 2.47. The first kappa shape index (κ1) is 17.4. The first-order valence-electron chi connectivity index (χ1n) is 7.96. The maximum Gasteiger partial charge on any atom is 0.0550 e. The van der Waals surface area contributed by atoms with Gasteiger partial charge in [-0.25, -0.2) is 0 Å². The molecule has 0 spiro atoms. The van der Waals surface area contributed by atoms with Crippen molar-refractivity contribution in [2.45, 2.75) is 12.8 Å². The second kappa shape index (κ2) is 7.67. The van der Waals surface area contributed by atoms with Crippen molar-refractivity contribution < 1.29 is 0 Å². The van der Waals surface area contributed by atoms with Gasteiger partial charge in [-0.1, -0.05) is 36.4 Å². The number of para-hydroxylation sites is 2. The highest BCUT2D eigenvalue weighted by molar-refractivity contribution is 14.2. The number of unbranched alkanes of at least 4 members (excludes halogenated alkanes) is 1. The molecule has 2 heterocycles. The van der Waals surface area contributed by atoms with Gasteiger partial charge in [-0.05, 0) is 40.7 Å². The molecule has 2 atom stereocenters. The fraction of sp³-hybridized carbons (Fsp3) is 0.222. The minimum absolute atomic E-state index is 0.203. The Labute approximate surface area is 172 Å². The third-order valence-electron chi connectivity index (χ3n) is 4.25. The van der Waals surface area contributed by atoms with Gasteiger partial charge in [-0.15, -0.1) is 0 Å². The van der Waals surface area contributed by atoms with Crippen LogP contribution in [0.2, 0.25) is 0 Å². The third kappa shape index (κ3) is 3.43. The lowest BCUT2D eigenvalue weighted by molar-refractivity contribution is 0.761. The minimum atomic E-state index is 0.203. The monoisotopic (exact) mass is 580 g/mol. The smallest absolute Gasteiger partial charge is 0.0550 e. The van der Waals surface area contributed by atoms with Crippen LogP contribution in [0.4, 0.5) is 11.4 Å². The molecule has 0 saturated heterocycles. The molecule has 2 unspecified atom stereocenters. The van der Waals surface area contributed by atoms with E-state index in [1.165, 1.54) is 35.3 Å². The lowest BCUT2D eigenvalue weighted by Crippen LogP contribution is -2.18. The molecule has 0 N–H and O–H groups in total. The van der Waals surface area contributed by atoms with E-state index in [-0.39, 0.29) is 15.7 Å². The van der Waals surface area contributed by atoms with Crippen LogP contribution in [0.15, 0.2) is 48.5 Å². The summed E-state index contributed by atoms with van der Waals surface area (Å²) < 4.78 is 5.12. The van der Waals surface area contributed by atoms with Gasteiger partial charge in [0.25, 0.3) is 0 Å². The van der Waals surface area contributed by atoms with Crippen LogP contribution in [0.5, 0.6) is 0 Å². The molecule has 6 heteroatoms. The zero-order chi connectivity index (χ0) is 16.5. The molecule has 0 aromatic heterocycles. The third-order valence-corrected chi connectivity index (χ3v) is 11.1. The molecule has 126 valence electrons. The summed E-state index contributed by atoms with van der Waals surface area (Å²) in [5, 5.41) is 4.79. The van der Waals surface area contributed by atoms with Crippen LogP contribution < -0.4 is 8.61 Å². The molecule has 24 heavy (non-hydrogen) atoms. The van der Waals surface area contributed by atoms with E-state index in [4.69, 9.17) is 0 Å². The molecule has 0 saturated carbocycles. The largest absolute Gasteiger partial charge is 0.313 e. The molecule has 4 rings (SSSR count). The van der Waals surface area contributed by atoms with Crippen molar-refractivity contribution >= 4 is 80.2 Å². The van der Waals surface area contributed by atoms with Gasteiger partial charge in [-0.3, -0.25) is 0 Å². The van der Waals surface area contributed by atoms with Crippen molar-refractivity contribution in [3.63, 3.8) is 0 Å². The molecule has 0 bridgehead atoms. The first-order chi connectivity index (χ1) is 11.7. The molecule has 0 aliphatic carbocycles. The van der Waals surface area contributed by atoms with E-state index in [9.17, 15) is 0 Å². The second-order valence-electron chi connectivity index (χ2n) is 5.79. The van der Waals surface area contributed by atoms with E-state index < -0.39 is 0 Å². The first-order valence-corrected chi connectivity index (χ1v) is 15.5. The second-order valence-corrected chi connectivity index (χ2v) is 13.6. The molecule has 2 aromatic carbocycles. The van der Waals surface area contributed by atoms with Crippen molar-refractivity contribution in [2.24, 2.45) is 0 Å². The lowest BCUT2D eigenvalue weighted by Gasteiger charge is -2.23. The van der Waals surface area contributed by atoms with Gasteiger partial charge in [0, 0.05) is 77.4 Å². The molecule has 0 radical (unpaired) electrons. The summed E-state index contributed by atoms with van der Waals surface area (Å²) in [7, 11) is 0.406. The van der Waals surface area contributed by atoms with Gasteiger partial charge in [0.1, 0.15) is 0 Å². The Kier molecular flexibility index (Phi) is 5.55. The van der Waals surface area contributed by atoms with Crippen molar-refractivity contribution in [3.8, 4) is 0 Å². The van der Waals surface area contributed by atoms with E-state index in [0.717, 1.165) is 13.1 Å². The van der Waals surface area contributed by atoms with Crippen LogP contribution >= 0.6 is 58.1 Å². The molecule has 2 aliphatic rings. The number of nitrogens with zero attached hydrogens (tertiary/aromatic N) is 2. The Balaban J connectivity index is 1.35. The predicted molar refractivity (Wildman–Crippen MR) is 130 cm³/mol. The van der Waals surface area contributed by atoms with Gasteiger partial charge in [0.2, 0.25) is 0 Å². The maximum absolute atomic E-state index is 2.57. The summed E-state index contributed by atoms with van der Waals surface area (Å²) in [4.78, 5) is 0. The maximum atomic E-state index is 2.57. The number of halogens is 2. The standard InChI is InChI=1S/C18H18I2N2S2/c19-23-13-15-7-1-3-9-17(15)21(23)11-5-6-12-22-18-10-4-2-8-16(18)14-24(22)20/h1-4,7-10,13-14H,5-6,11-12H2. The average Bonchev–Trinajstić information content (AvgIpc) is 3.08. The predicted octanol–water partition coefficient (Wildman–Crippen LogP) is 6.18. The molecule has 2 nitrogen and oxygen atoms in total. The van der Waals surface area contributed by atoms with Crippen molar-refractivity contribution in [3.05, 3.63) is 59.7 Å². The van der Waals surface area contributed by atoms with Crippen LogP contribution in [0.1, 0.15) is 24.0 Å². The van der Waals surface area contributed by atoms with Crippen LogP contribution in [0, 0.1) is 0 Å². The van der Waals surface area contributed by atoms with E-state index in [2.05, 4.69) is 110 Å². The van der Waals surface area contributed by atoms with Crippen LogP contribution in [0.3, 0.4) is 0 Å². The Morgan fingerprint density at radius 3 is 1.54 bits per heavy atom. The van der Waals surface area contributed by atoms with Gasteiger partial charge < -0.3 is 8.61 Å². The molecule has 2 aliphatic heterocycles. The quantitative estimate of drug-likeness (QED) is 0.237. The number of hydrogen-bond acceptors (Lipinski definition) is 2. The Bertz CT molecular complexity index is 766. The van der Waals surface area contributed by atoms with Crippen molar-refractivity contribution in [1.82, 2.24) is 0 Å². The topological polar surface area (TPSA) is 6.48 Å². The zero-order valence-electron chi connectivity index (χ0n) is 13.1. The summed E-state index contributed by atoms with van der Waals surface area (Å²) in [5.74, 6) is 0. The van der Waals surface area contributed by atoms with Crippen LogP contribution in [0.25, 0.3) is 0 Å². The van der Waals surface area contributed by atoms with Gasteiger partial charge in [-0.2, -0.15) is 0 Å². The van der Waals surface area contributed by atoms with E-state index in [1.54, 1.807) is 0 Å². The van der Waals surface area contributed by atoms with Gasteiger partial charge in [0.05, 0.1) is 11.4 Å². The number of hydrogen-bond donors (Lipinski definition) is 0. The van der Waals surface area contributed by atoms with E-state index in [0.29, 0.717) is 0 Å². The molecule has 0 fully saturated rings. The van der Waals surface area contributed by atoms with Crippen LogP contribution in [-0.2, 0) is 0 Å². The highest BCUT2D eigenvalue weighted by atomic mass is 127. The van der Waals surface area contributed by atoms with Gasteiger partial charge >= 0.3 is 0 Å². The average molecular weight is 580 g/mol. The molecular weight excluding hydrogens is 562 g/mol. The Morgan fingerprint density at radius 1 is 0.667 bits per heavy atom. The normalized spacial score (nSPS) is 21.2. The molecule has 0 amide bonds. The van der Waals surface area contributed by atoms with Crippen molar-refractivity contribution in [2.75, 3.05) is 21.7 Å². The van der Waals surface area contributed by atoms with E-state index in [1.807, 2.05) is 0 Å². The summed E-state index contributed by atoms with van der Waals surface area (Å²) in [6.45, 7) is 2.29. The van der Waals surface area contributed by atoms with Crippen molar-refractivity contribution in [1.29, 1.82) is 0 Å².